The quantitative estimate of drug-likeness (QED) is 0.898. The maximum absolute atomic E-state index is 12.2. The summed E-state index contributed by atoms with van der Waals surface area (Å²) in [6.45, 7) is 7.36. The summed E-state index contributed by atoms with van der Waals surface area (Å²) in [6, 6.07) is -0.240. The third-order valence-corrected chi connectivity index (χ3v) is 5.02. The van der Waals surface area contributed by atoms with Crippen LogP contribution >= 0.6 is 11.3 Å². The van der Waals surface area contributed by atoms with E-state index in [-0.39, 0.29) is 12.1 Å². The molecule has 23 heavy (non-hydrogen) atoms. The second-order valence-electron chi connectivity index (χ2n) is 5.73. The molecule has 3 rings (SSSR count). The second kappa shape index (κ2) is 6.66. The van der Waals surface area contributed by atoms with Gasteiger partial charge in [0.1, 0.15) is 5.82 Å². The van der Waals surface area contributed by atoms with E-state index in [2.05, 4.69) is 25.7 Å². The molecule has 0 radical (unpaired) electrons. The normalized spacial score (nSPS) is 16.9. The predicted molar refractivity (Wildman–Crippen MR) is 88.3 cm³/mol. The molecule has 2 aromatic heterocycles. The van der Waals surface area contributed by atoms with Crippen molar-refractivity contribution in [3.63, 3.8) is 0 Å². The molecule has 0 unspecified atom stereocenters. The molecular formula is C15H22N6OS. The van der Waals surface area contributed by atoms with Gasteiger partial charge in [-0.2, -0.15) is 5.10 Å². The topological polar surface area (TPSA) is 84.7 Å². The molecule has 0 aliphatic carbocycles. The van der Waals surface area contributed by atoms with Gasteiger partial charge in [-0.15, -0.1) is 11.3 Å². The SMILES string of the molecule is CCc1nc2n(n1)CCC[C@H]2NC(=O)NCc1sc(C)nc1C. The molecule has 124 valence electrons. The number of nitrogens with zero attached hydrogens (tertiary/aromatic N) is 4. The number of carbonyl (C=O) groups excluding carboxylic acids is 1. The first-order chi connectivity index (χ1) is 11.1. The number of fused-ring (bicyclic) bond motifs is 1. The summed E-state index contributed by atoms with van der Waals surface area (Å²) >= 11 is 1.62. The number of rotatable bonds is 4. The third kappa shape index (κ3) is 3.52. The van der Waals surface area contributed by atoms with Crippen molar-refractivity contribution in [2.75, 3.05) is 0 Å². The average Bonchev–Trinajstić information content (AvgIpc) is 3.08. The molecule has 1 aliphatic heterocycles. The van der Waals surface area contributed by atoms with Crippen LogP contribution in [0.2, 0.25) is 0 Å². The first-order valence-electron chi connectivity index (χ1n) is 7.97. The molecular weight excluding hydrogens is 312 g/mol. The summed E-state index contributed by atoms with van der Waals surface area (Å²) in [6.07, 6.45) is 2.70. The molecule has 8 heteroatoms. The molecule has 3 heterocycles. The Morgan fingerprint density at radius 1 is 1.39 bits per heavy atom. The maximum atomic E-state index is 12.2. The van der Waals surface area contributed by atoms with Gasteiger partial charge in [-0.3, -0.25) is 0 Å². The van der Waals surface area contributed by atoms with Crippen molar-refractivity contribution in [2.24, 2.45) is 0 Å². The van der Waals surface area contributed by atoms with E-state index in [9.17, 15) is 4.79 Å². The highest BCUT2D eigenvalue weighted by atomic mass is 32.1. The number of nitrogens with one attached hydrogen (secondary N) is 2. The minimum absolute atomic E-state index is 0.0687. The maximum Gasteiger partial charge on any atom is 0.315 e. The lowest BCUT2D eigenvalue weighted by Crippen LogP contribution is -2.39. The molecule has 1 aliphatic rings. The fourth-order valence-electron chi connectivity index (χ4n) is 2.79. The van der Waals surface area contributed by atoms with Gasteiger partial charge in [0.2, 0.25) is 0 Å². The van der Waals surface area contributed by atoms with E-state index in [4.69, 9.17) is 0 Å². The van der Waals surface area contributed by atoms with Gasteiger partial charge in [0.15, 0.2) is 5.82 Å². The molecule has 1 atom stereocenters. The van der Waals surface area contributed by atoms with E-state index < -0.39 is 0 Å². The Hall–Kier alpha value is -1.96. The highest BCUT2D eigenvalue weighted by molar-refractivity contribution is 7.11. The van der Waals surface area contributed by atoms with Gasteiger partial charge in [0.25, 0.3) is 0 Å². The lowest BCUT2D eigenvalue weighted by molar-refractivity contribution is 0.232. The Morgan fingerprint density at radius 3 is 2.91 bits per heavy atom. The van der Waals surface area contributed by atoms with Gasteiger partial charge in [0, 0.05) is 17.8 Å². The van der Waals surface area contributed by atoms with Crippen LogP contribution < -0.4 is 10.6 Å². The van der Waals surface area contributed by atoms with E-state index in [1.54, 1.807) is 11.3 Å². The Labute approximate surface area is 139 Å². The molecule has 2 aromatic rings. The molecule has 0 fully saturated rings. The molecule has 2 N–H and O–H groups in total. The molecule has 0 aromatic carbocycles. The van der Waals surface area contributed by atoms with Crippen molar-refractivity contribution in [1.82, 2.24) is 30.4 Å². The van der Waals surface area contributed by atoms with Crippen molar-refractivity contribution in [3.05, 3.63) is 27.2 Å². The monoisotopic (exact) mass is 334 g/mol. The lowest BCUT2D eigenvalue weighted by Gasteiger charge is -2.23. The highest BCUT2D eigenvalue weighted by Gasteiger charge is 2.25. The summed E-state index contributed by atoms with van der Waals surface area (Å²) in [5, 5.41) is 11.4. The summed E-state index contributed by atoms with van der Waals surface area (Å²) in [4.78, 5) is 22.2. The fourth-order valence-corrected chi connectivity index (χ4v) is 3.67. The van der Waals surface area contributed by atoms with Crippen molar-refractivity contribution < 1.29 is 4.79 Å². The van der Waals surface area contributed by atoms with Crippen LogP contribution in [0.5, 0.6) is 0 Å². The first-order valence-corrected chi connectivity index (χ1v) is 8.79. The molecule has 0 saturated carbocycles. The van der Waals surface area contributed by atoms with Gasteiger partial charge < -0.3 is 10.6 Å². The van der Waals surface area contributed by atoms with Crippen LogP contribution in [0, 0.1) is 13.8 Å². The minimum atomic E-state index is -0.171. The summed E-state index contributed by atoms with van der Waals surface area (Å²) < 4.78 is 1.92. The summed E-state index contributed by atoms with van der Waals surface area (Å²) in [5.74, 6) is 1.71. The van der Waals surface area contributed by atoms with E-state index in [0.29, 0.717) is 6.54 Å². The van der Waals surface area contributed by atoms with E-state index in [0.717, 1.165) is 53.0 Å². The zero-order valence-electron chi connectivity index (χ0n) is 13.7. The van der Waals surface area contributed by atoms with Crippen LogP contribution in [0.1, 0.15) is 53.0 Å². The zero-order valence-corrected chi connectivity index (χ0v) is 14.5. The van der Waals surface area contributed by atoms with Crippen LogP contribution in [-0.4, -0.2) is 25.8 Å². The van der Waals surface area contributed by atoms with Crippen molar-refractivity contribution >= 4 is 17.4 Å². The summed E-state index contributed by atoms with van der Waals surface area (Å²) in [5.41, 5.74) is 0.984. The van der Waals surface area contributed by atoms with Crippen LogP contribution in [0.4, 0.5) is 4.79 Å². The molecule has 0 saturated heterocycles. The zero-order chi connectivity index (χ0) is 16.4. The number of urea groups is 1. The standard InChI is InChI=1S/C15H22N6OS/c1-4-13-19-14-11(6-5-7-21(14)20-13)18-15(22)16-8-12-9(2)17-10(3)23-12/h11H,4-8H2,1-3H3,(H2,16,18,22)/t11-/m1/s1. The van der Waals surface area contributed by atoms with Crippen molar-refractivity contribution in [3.8, 4) is 0 Å². The first kappa shape index (κ1) is 15.9. The smallest absolute Gasteiger partial charge is 0.315 e. The number of hydrogen-bond donors (Lipinski definition) is 2. The van der Waals surface area contributed by atoms with Crippen LogP contribution in [-0.2, 0) is 19.5 Å². The van der Waals surface area contributed by atoms with Crippen molar-refractivity contribution in [1.29, 1.82) is 0 Å². The minimum Gasteiger partial charge on any atom is -0.333 e. The Balaban J connectivity index is 1.60. The average molecular weight is 334 g/mol. The lowest BCUT2D eigenvalue weighted by atomic mass is 10.1. The second-order valence-corrected chi connectivity index (χ2v) is 7.01. The van der Waals surface area contributed by atoms with Gasteiger partial charge >= 0.3 is 6.03 Å². The van der Waals surface area contributed by atoms with Crippen LogP contribution in [0.25, 0.3) is 0 Å². The Kier molecular flexibility index (Phi) is 4.61. The number of thiazole rings is 1. The molecule has 7 nitrogen and oxygen atoms in total. The fraction of sp³-hybridized carbons (Fsp3) is 0.600. The number of aromatic nitrogens is 4. The Bertz CT molecular complexity index is 707. The summed E-state index contributed by atoms with van der Waals surface area (Å²) in [7, 11) is 0. The van der Waals surface area contributed by atoms with E-state index >= 15 is 0 Å². The number of aryl methyl sites for hydroxylation is 4. The van der Waals surface area contributed by atoms with Gasteiger partial charge in [-0.25, -0.2) is 19.4 Å². The van der Waals surface area contributed by atoms with Crippen LogP contribution in [0.15, 0.2) is 0 Å². The largest absolute Gasteiger partial charge is 0.333 e. The Morgan fingerprint density at radius 2 is 2.22 bits per heavy atom. The van der Waals surface area contributed by atoms with Crippen LogP contribution in [0.3, 0.4) is 0 Å². The number of amides is 2. The number of hydrogen-bond acceptors (Lipinski definition) is 5. The van der Waals surface area contributed by atoms with E-state index in [1.807, 2.05) is 25.5 Å². The van der Waals surface area contributed by atoms with Gasteiger partial charge in [-0.05, 0) is 26.7 Å². The molecule has 2 amide bonds. The van der Waals surface area contributed by atoms with Gasteiger partial charge in [0.05, 0.1) is 23.3 Å². The van der Waals surface area contributed by atoms with E-state index in [1.165, 1.54) is 0 Å². The third-order valence-electron chi connectivity index (χ3n) is 3.95. The molecule has 0 spiro atoms. The number of carbonyl (C=O) groups is 1. The predicted octanol–water partition coefficient (Wildman–Crippen LogP) is 2.25. The molecule has 0 bridgehead atoms. The highest BCUT2D eigenvalue weighted by Crippen LogP contribution is 2.23. The van der Waals surface area contributed by atoms with Crippen molar-refractivity contribution in [2.45, 2.75) is 59.2 Å². The van der Waals surface area contributed by atoms with Gasteiger partial charge in [-0.1, -0.05) is 6.92 Å².